The molecule has 0 heterocycles. The number of ether oxygens (including phenoxy) is 1. The maximum atomic E-state index is 12.0. The van der Waals surface area contributed by atoms with Gasteiger partial charge in [0.15, 0.2) is 5.75 Å². The van der Waals surface area contributed by atoms with Crippen molar-refractivity contribution in [1.29, 1.82) is 0 Å². The van der Waals surface area contributed by atoms with Gasteiger partial charge in [-0.15, -0.1) is 12.4 Å². The van der Waals surface area contributed by atoms with Crippen LogP contribution in [-0.2, 0) is 4.79 Å². The zero-order valence-electron chi connectivity index (χ0n) is 13.5. The van der Waals surface area contributed by atoms with Crippen LogP contribution in [0.15, 0.2) is 24.3 Å². The summed E-state index contributed by atoms with van der Waals surface area (Å²) in [6.45, 7) is 5.93. The highest BCUT2D eigenvalue weighted by molar-refractivity contribution is 5.94. The van der Waals surface area contributed by atoms with Crippen LogP contribution in [-0.4, -0.2) is 55.5 Å². The molecule has 1 N–H and O–H groups in total. The lowest BCUT2D eigenvalue weighted by atomic mass is 10.3. The number of likely N-dealkylation sites (N-methyl/N-ethyl adjacent to an activating group) is 1. The van der Waals surface area contributed by atoms with E-state index in [2.05, 4.69) is 5.32 Å². The Morgan fingerprint density at radius 2 is 1.73 bits per heavy atom. The SMILES string of the molecule is CCN(CC)CC(=O)Nc1ccccc1OC(=O)N(C)C.Cl. The Labute approximate surface area is 137 Å². The molecule has 6 nitrogen and oxygen atoms in total. The van der Waals surface area contributed by atoms with Crippen molar-refractivity contribution in [1.82, 2.24) is 9.80 Å². The number of carbonyl (C=O) groups is 2. The molecule has 22 heavy (non-hydrogen) atoms. The second-order valence-corrected chi connectivity index (χ2v) is 4.77. The van der Waals surface area contributed by atoms with E-state index in [-0.39, 0.29) is 18.3 Å². The van der Waals surface area contributed by atoms with Crippen molar-refractivity contribution in [3.63, 3.8) is 0 Å². The number of benzene rings is 1. The summed E-state index contributed by atoms with van der Waals surface area (Å²) in [6.07, 6.45) is -0.486. The van der Waals surface area contributed by atoms with Crippen LogP contribution in [0.5, 0.6) is 5.75 Å². The molecule has 0 radical (unpaired) electrons. The van der Waals surface area contributed by atoms with Gasteiger partial charge in [0.25, 0.3) is 0 Å². The third kappa shape index (κ3) is 6.32. The molecule has 124 valence electrons. The molecule has 0 unspecified atom stereocenters. The van der Waals surface area contributed by atoms with E-state index in [4.69, 9.17) is 4.74 Å². The maximum Gasteiger partial charge on any atom is 0.414 e. The molecule has 1 rings (SSSR count). The normalized spacial score (nSPS) is 9.86. The van der Waals surface area contributed by atoms with Crippen molar-refractivity contribution < 1.29 is 14.3 Å². The topological polar surface area (TPSA) is 61.9 Å². The smallest absolute Gasteiger partial charge is 0.408 e. The number of hydrogen-bond acceptors (Lipinski definition) is 4. The molecule has 0 bridgehead atoms. The van der Waals surface area contributed by atoms with Gasteiger partial charge in [-0.05, 0) is 25.2 Å². The molecule has 0 fully saturated rings. The number of hydrogen-bond donors (Lipinski definition) is 1. The first-order valence-electron chi connectivity index (χ1n) is 6.98. The van der Waals surface area contributed by atoms with Crippen LogP contribution in [0, 0.1) is 0 Å². The Hall–Kier alpha value is -1.79. The van der Waals surface area contributed by atoms with E-state index >= 15 is 0 Å². The molecule has 0 aliphatic rings. The molecule has 0 saturated heterocycles. The molecule has 0 spiro atoms. The summed E-state index contributed by atoms with van der Waals surface area (Å²) in [5.41, 5.74) is 0.491. The van der Waals surface area contributed by atoms with Gasteiger partial charge >= 0.3 is 6.09 Å². The minimum Gasteiger partial charge on any atom is -0.408 e. The highest BCUT2D eigenvalue weighted by Crippen LogP contribution is 2.24. The van der Waals surface area contributed by atoms with Crippen LogP contribution >= 0.6 is 12.4 Å². The summed E-state index contributed by atoms with van der Waals surface area (Å²) in [5, 5.41) is 2.78. The average Bonchev–Trinajstić information content (AvgIpc) is 2.46. The fourth-order valence-corrected chi connectivity index (χ4v) is 1.68. The molecule has 1 aromatic carbocycles. The van der Waals surface area contributed by atoms with Crippen molar-refractivity contribution >= 4 is 30.1 Å². The highest BCUT2D eigenvalue weighted by Gasteiger charge is 2.13. The minimum absolute atomic E-state index is 0. The number of anilines is 1. The Morgan fingerprint density at radius 1 is 1.14 bits per heavy atom. The number of rotatable bonds is 6. The standard InChI is InChI=1S/C15H23N3O3.ClH/c1-5-18(6-2)11-14(19)16-12-9-7-8-10-13(12)21-15(20)17(3)4;/h7-10H,5-6,11H2,1-4H3,(H,16,19);1H. The zero-order chi connectivity index (χ0) is 15.8. The maximum absolute atomic E-state index is 12.0. The van der Waals surface area contributed by atoms with Crippen LogP contribution in [0.4, 0.5) is 10.5 Å². The quantitative estimate of drug-likeness (QED) is 0.870. The summed E-state index contributed by atoms with van der Waals surface area (Å²) < 4.78 is 5.22. The fourth-order valence-electron chi connectivity index (χ4n) is 1.68. The number of para-hydroxylation sites is 2. The van der Waals surface area contributed by atoms with Crippen LogP contribution in [0.3, 0.4) is 0 Å². The number of carbonyl (C=O) groups excluding carboxylic acids is 2. The number of nitrogens with one attached hydrogen (secondary N) is 1. The fraction of sp³-hybridized carbons (Fsp3) is 0.467. The Bertz CT molecular complexity index is 491. The lowest BCUT2D eigenvalue weighted by molar-refractivity contribution is -0.117. The van der Waals surface area contributed by atoms with E-state index < -0.39 is 6.09 Å². The molecule has 0 atom stereocenters. The van der Waals surface area contributed by atoms with Crippen LogP contribution in [0.2, 0.25) is 0 Å². The van der Waals surface area contributed by atoms with Gasteiger partial charge in [-0.1, -0.05) is 26.0 Å². The predicted octanol–water partition coefficient (Wildman–Crippen LogP) is 2.45. The van der Waals surface area contributed by atoms with Crippen molar-refractivity contribution in [3.05, 3.63) is 24.3 Å². The van der Waals surface area contributed by atoms with E-state index in [1.807, 2.05) is 18.7 Å². The van der Waals surface area contributed by atoms with Crippen molar-refractivity contribution in [3.8, 4) is 5.75 Å². The Morgan fingerprint density at radius 3 is 2.27 bits per heavy atom. The summed E-state index contributed by atoms with van der Waals surface area (Å²) in [5.74, 6) is 0.205. The second kappa shape index (κ2) is 10.0. The molecule has 0 aliphatic carbocycles. The molecule has 0 saturated carbocycles. The molecule has 1 aromatic rings. The van der Waals surface area contributed by atoms with E-state index in [1.165, 1.54) is 4.90 Å². The largest absolute Gasteiger partial charge is 0.414 e. The molecular formula is C15H24ClN3O3. The molecule has 7 heteroatoms. The van der Waals surface area contributed by atoms with Crippen molar-refractivity contribution in [2.24, 2.45) is 0 Å². The van der Waals surface area contributed by atoms with Gasteiger partial charge in [-0.25, -0.2) is 4.79 Å². The molecule has 0 aliphatic heterocycles. The van der Waals surface area contributed by atoms with Gasteiger partial charge in [0.2, 0.25) is 5.91 Å². The van der Waals surface area contributed by atoms with Crippen LogP contribution in [0.1, 0.15) is 13.8 Å². The van der Waals surface area contributed by atoms with Gasteiger partial charge < -0.3 is 15.0 Å². The van der Waals surface area contributed by atoms with Gasteiger partial charge in [-0.2, -0.15) is 0 Å². The zero-order valence-corrected chi connectivity index (χ0v) is 14.3. The highest BCUT2D eigenvalue weighted by atomic mass is 35.5. The third-order valence-corrected chi connectivity index (χ3v) is 2.99. The van der Waals surface area contributed by atoms with Crippen LogP contribution in [0.25, 0.3) is 0 Å². The van der Waals surface area contributed by atoms with Crippen molar-refractivity contribution in [2.45, 2.75) is 13.8 Å². The first-order valence-corrected chi connectivity index (χ1v) is 6.98. The molecular weight excluding hydrogens is 306 g/mol. The van der Waals surface area contributed by atoms with E-state index in [1.54, 1.807) is 38.4 Å². The van der Waals surface area contributed by atoms with E-state index in [0.717, 1.165) is 13.1 Å². The lowest BCUT2D eigenvalue weighted by Crippen LogP contribution is -2.33. The Kier molecular flexibility index (Phi) is 9.21. The monoisotopic (exact) mass is 329 g/mol. The summed E-state index contributed by atoms with van der Waals surface area (Å²) in [7, 11) is 3.20. The summed E-state index contributed by atoms with van der Waals surface area (Å²) in [6, 6.07) is 6.88. The summed E-state index contributed by atoms with van der Waals surface area (Å²) >= 11 is 0. The minimum atomic E-state index is -0.486. The summed E-state index contributed by atoms with van der Waals surface area (Å²) in [4.78, 5) is 26.9. The van der Waals surface area contributed by atoms with Crippen LogP contribution < -0.4 is 10.1 Å². The number of amides is 2. The number of nitrogens with zero attached hydrogens (tertiary/aromatic N) is 2. The van der Waals surface area contributed by atoms with Gasteiger partial charge in [0, 0.05) is 14.1 Å². The molecule has 0 aromatic heterocycles. The van der Waals surface area contributed by atoms with E-state index in [9.17, 15) is 9.59 Å². The third-order valence-electron chi connectivity index (χ3n) is 2.99. The Balaban J connectivity index is 0.00000441. The number of halogens is 1. The van der Waals surface area contributed by atoms with E-state index in [0.29, 0.717) is 18.0 Å². The van der Waals surface area contributed by atoms with Crippen molar-refractivity contribution in [2.75, 3.05) is 39.0 Å². The second-order valence-electron chi connectivity index (χ2n) is 4.77. The first-order chi connectivity index (χ1) is 9.97. The van der Waals surface area contributed by atoms with Gasteiger partial charge in [0.05, 0.1) is 12.2 Å². The predicted molar refractivity (Wildman–Crippen MR) is 89.8 cm³/mol. The van der Waals surface area contributed by atoms with Gasteiger partial charge in [0.1, 0.15) is 0 Å². The van der Waals surface area contributed by atoms with Gasteiger partial charge in [-0.3, -0.25) is 9.69 Å². The lowest BCUT2D eigenvalue weighted by Gasteiger charge is -2.18. The average molecular weight is 330 g/mol. The molecule has 2 amide bonds. The first kappa shape index (κ1) is 20.2.